The molecule has 0 nitrogen and oxygen atoms in total. The SMILES string of the molecule is [C-]1=CC=CC1.[CH2-]CCCCCCCCCCC.[CH2-]CCCCCCCCCCC.[CH2-]CCCCCCCCCCC.[Pt+4]. The largest absolute Gasteiger partial charge is 4.00 e. The molecule has 0 aromatic rings. The summed E-state index contributed by atoms with van der Waals surface area (Å²) in [6, 6.07) is 0. The topological polar surface area (TPSA) is 0 Å². The summed E-state index contributed by atoms with van der Waals surface area (Å²) < 4.78 is 0. The van der Waals surface area contributed by atoms with E-state index < -0.39 is 0 Å². The second-order valence-corrected chi connectivity index (χ2v) is 12.0. The molecule has 0 bridgehead atoms. The van der Waals surface area contributed by atoms with Crippen molar-refractivity contribution in [3.05, 3.63) is 45.1 Å². The monoisotopic (exact) mass is 768 g/mol. The Balaban J connectivity index is -0.000000235. The van der Waals surface area contributed by atoms with Gasteiger partial charge in [-0.3, -0.25) is 6.08 Å². The molecule has 0 radical (unpaired) electrons. The van der Waals surface area contributed by atoms with Gasteiger partial charge in [0.25, 0.3) is 0 Å². The minimum atomic E-state index is 0. The van der Waals surface area contributed by atoms with Crippen molar-refractivity contribution in [1.29, 1.82) is 0 Å². The van der Waals surface area contributed by atoms with E-state index in [1.54, 1.807) is 0 Å². The van der Waals surface area contributed by atoms with Crippen molar-refractivity contribution in [1.82, 2.24) is 0 Å². The Bertz CT molecular complexity index is 351. The van der Waals surface area contributed by atoms with E-state index >= 15 is 0 Å². The van der Waals surface area contributed by atoms with E-state index in [2.05, 4.69) is 53.7 Å². The van der Waals surface area contributed by atoms with Gasteiger partial charge < -0.3 is 20.8 Å². The molecule has 1 aliphatic rings. The molecular formula is C41H80Pt. The van der Waals surface area contributed by atoms with Gasteiger partial charge in [0.2, 0.25) is 0 Å². The molecule has 1 heteroatoms. The van der Waals surface area contributed by atoms with Crippen molar-refractivity contribution in [2.45, 2.75) is 220 Å². The number of hydrogen-bond acceptors (Lipinski definition) is 0. The van der Waals surface area contributed by atoms with Gasteiger partial charge in [-0.25, -0.2) is 12.2 Å². The summed E-state index contributed by atoms with van der Waals surface area (Å²) >= 11 is 0. The van der Waals surface area contributed by atoms with Crippen LogP contribution in [0.1, 0.15) is 220 Å². The Labute approximate surface area is 284 Å². The van der Waals surface area contributed by atoms with Crippen LogP contribution in [0.25, 0.3) is 0 Å². The molecule has 0 aromatic heterocycles. The molecule has 0 heterocycles. The zero-order valence-corrected chi connectivity index (χ0v) is 31.9. The fraction of sp³-hybridized carbons (Fsp3) is 0.829. The zero-order valence-electron chi connectivity index (χ0n) is 29.6. The van der Waals surface area contributed by atoms with Crippen LogP contribution < -0.4 is 0 Å². The van der Waals surface area contributed by atoms with Crippen molar-refractivity contribution < 1.29 is 21.1 Å². The van der Waals surface area contributed by atoms with Gasteiger partial charge in [0, 0.05) is 0 Å². The van der Waals surface area contributed by atoms with Crippen LogP contribution in [0.15, 0.2) is 18.2 Å². The van der Waals surface area contributed by atoms with Crippen LogP contribution in [-0.4, -0.2) is 0 Å². The summed E-state index contributed by atoms with van der Waals surface area (Å²) in [5.41, 5.74) is 0. The van der Waals surface area contributed by atoms with Gasteiger partial charge in [-0.2, -0.15) is 25.3 Å². The van der Waals surface area contributed by atoms with E-state index in [0.717, 1.165) is 25.7 Å². The van der Waals surface area contributed by atoms with Crippen molar-refractivity contribution in [2.24, 2.45) is 0 Å². The average Bonchev–Trinajstić information content (AvgIpc) is 3.59. The van der Waals surface area contributed by atoms with Gasteiger partial charge in [-0.15, -0.1) is 6.42 Å². The first-order valence-electron chi connectivity index (χ1n) is 18.8. The normalized spacial score (nSPS) is 11.1. The van der Waals surface area contributed by atoms with Crippen LogP contribution in [0.5, 0.6) is 0 Å². The van der Waals surface area contributed by atoms with Crippen LogP contribution in [0, 0.1) is 26.8 Å². The summed E-state index contributed by atoms with van der Waals surface area (Å²) in [4.78, 5) is 0. The van der Waals surface area contributed by atoms with Gasteiger partial charge >= 0.3 is 21.1 Å². The molecule has 0 unspecified atom stereocenters. The third-order valence-electron chi connectivity index (χ3n) is 7.65. The third-order valence-corrected chi connectivity index (χ3v) is 7.65. The minimum absolute atomic E-state index is 0. The molecule has 0 aliphatic heterocycles. The fourth-order valence-corrected chi connectivity index (χ4v) is 4.80. The predicted octanol–water partition coefficient (Wildman–Crippen LogP) is 15.5. The first-order valence-corrected chi connectivity index (χ1v) is 18.8. The first-order chi connectivity index (χ1) is 20.2. The van der Waals surface area contributed by atoms with Crippen molar-refractivity contribution in [3.8, 4) is 0 Å². The summed E-state index contributed by atoms with van der Waals surface area (Å²) in [7, 11) is 0. The third kappa shape index (κ3) is 59.6. The molecule has 0 atom stereocenters. The Morgan fingerprint density at radius 2 is 0.643 bits per heavy atom. The number of unbranched alkanes of at least 4 members (excludes halogenated alkanes) is 27. The number of hydrogen-bond donors (Lipinski definition) is 0. The van der Waals surface area contributed by atoms with Crippen LogP contribution in [-0.2, 0) is 21.1 Å². The van der Waals surface area contributed by atoms with Crippen molar-refractivity contribution in [2.75, 3.05) is 0 Å². The zero-order chi connectivity index (χ0) is 30.7. The average molecular weight is 768 g/mol. The number of rotatable bonds is 27. The minimum Gasteiger partial charge on any atom is -0.343 e. The molecular weight excluding hydrogens is 688 g/mol. The molecule has 254 valence electrons. The second kappa shape index (κ2) is 53.7. The van der Waals surface area contributed by atoms with Crippen LogP contribution >= 0.6 is 0 Å². The van der Waals surface area contributed by atoms with Crippen molar-refractivity contribution >= 4 is 0 Å². The van der Waals surface area contributed by atoms with E-state index in [4.69, 9.17) is 0 Å². The second-order valence-electron chi connectivity index (χ2n) is 12.0. The van der Waals surface area contributed by atoms with Gasteiger partial charge in [-0.1, -0.05) is 194 Å². The molecule has 0 spiro atoms. The van der Waals surface area contributed by atoms with Gasteiger partial charge in [0.15, 0.2) is 0 Å². The summed E-state index contributed by atoms with van der Waals surface area (Å²) in [6.45, 7) is 18.3. The molecule has 0 N–H and O–H groups in total. The Hall–Kier alpha value is 0.168. The van der Waals surface area contributed by atoms with E-state index in [-0.39, 0.29) is 21.1 Å². The van der Waals surface area contributed by atoms with E-state index in [1.807, 2.05) is 12.2 Å². The molecule has 0 saturated carbocycles. The molecule has 0 amide bonds. The smallest absolute Gasteiger partial charge is 0.343 e. The summed E-state index contributed by atoms with van der Waals surface area (Å²) in [6.07, 6.45) is 51.7. The van der Waals surface area contributed by atoms with E-state index in [0.29, 0.717) is 0 Å². The van der Waals surface area contributed by atoms with Crippen LogP contribution in [0.3, 0.4) is 0 Å². The molecule has 0 fully saturated rings. The van der Waals surface area contributed by atoms with Crippen LogP contribution in [0.2, 0.25) is 0 Å². The molecule has 0 saturated heterocycles. The first kappa shape index (κ1) is 49.1. The van der Waals surface area contributed by atoms with E-state index in [9.17, 15) is 0 Å². The Morgan fingerprint density at radius 3 is 0.786 bits per heavy atom. The molecule has 42 heavy (non-hydrogen) atoms. The summed E-state index contributed by atoms with van der Waals surface area (Å²) in [5.74, 6) is 0. The Morgan fingerprint density at radius 1 is 0.405 bits per heavy atom. The quantitative estimate of drug-likeness (QED) is 0.0577. The predicted molar refractivity (Wildman–Crippen MR) is 193 cm³/mol. The Kier molecular flexibility index (Phi) is 62.7. The molecule has 0 aromatic carbocycles. The maximum absolute atomic E-state index is 3.84. The van der Waals surface area contributed by atoms with Gasteiger partial charge in [0.05, 0.1) is 0 Å². The standard InChI is InChI=1S/3C12H25.C5H5.Pt/c3*1-3-5-7-9-11-12-10-8-6-4-2;1-2-4-5-3-1;/h3*1,3-12H2,2H3;1-3H,4H2;/q4*-1;+4. The maximum Gasteiger partial charge on any atom is 4.00 e. The fourth-order valence-electron chi connectivity index (χ4n) is 4.80. The molecule has 1 aliphatic carbocycles. The van der Waals surface area contributed by atoms with Gasteiger partial charge in [0.1, 0.15) is 0 Å². The molecule has 1 rings (SSSR count). The van der Waals surface area contributed by atoms with Crippen LogP contribution in [0.4, 0.5) is 0 Å². The summed E-state index contributed by atoms with van der Waals surface area (Å²) in [5, 5.41) is 0. The van der Waals surface area contributed by atoms with Gasteiger partial charge in [-0.05, 0) is 0 Å². The van der Waals surface area contributed by atoms with Crippen molar-refractivity contribution in [3.63, 3.8) is 0 Å². The maximum atomic E-state index is 3.84. The number of allylic oxidation sites excluding steroid dienone is 4. The van der Waals surface area contributed by atoms with E-state index in [1.165, 1.54) is 173 Å².